The lowest BCUT2D eigenvalue weighted by molar-refractivity contribution is 0.596. The maximum atomic E-state index is 10.8. The first-order valence-electron chi connectivity index (χ1n) is 2.61. The van der Waals surface area contributed by atoms with Gasteiger partial charge in [0.05, 0.1) is 0 Å². The van der Waals surface area contributed by atoms with Gasteiger partial charge in [0.15, 0.2) is 0 Å². The number of hydrogen-bond acceptors (Lipinski definition) is 1. The first kappa shape index (κ1) is 5.84. The van der Waals surface area contributed by atoms with Gasteiger partial charge in [-0.25, -0.2) is 0 Å². The van der Waals surface area contributed by atoms with Gasteiger partial charge in [-0.05, 0) is 30.6 Å². The second kappa shape index (κ2) is 1.91. The fourth-order valence-corrected chi connectivity index (χ4v) is 1.77. The lowest BCUT2D eigenvalue weighted by Gasteiger charge is -1.88. The van der Waals surface area contributed by atoms with Gasteiger partial charge in [0.25, 0.3) is 0 Å². The molecule has 0 amide bonds. The summed E-state index contributed by atoms with van der Waals surface area (Å²) in [6.45, 7) is 3.91. The molecule has 0 aromatic carbocycles. The van der Waals surface area contributed by atoms with Crippen molar-refractivity contribution in [2.24, 2.45) is 0 Å². The van der Waals surface area contributed by atoms with Gasteiger partial charge >= 0.3 is 0 Å². The predicted molar refractivity (Wildman–Crippen MR) is 36.5 cm³/mol. The second-order valence-electron chi connectivity index (χ2n) is 2.01. The van der Waals surface area contributed by atoms with E-state index in [9.17, 15) is 4.57 Å². The van der Waals surface area contributed by atoms with E-state index in [4.69, 9.17) is 0 Å². The van der Waals surface area contributed by atoms with Crippen molar-refractivity contribution in [3.63, 3.8) is 0 Å². The summed E-state index contributed by atoms with van der Waals surface area (Å²) in [5, 5.41) is 1.06. The minimum absolute atomic E-state index is 1.06. The Morgan fingerprint density at radius 2 is 2.12 bits per heavy atom. The smallest absolute Gasteiger partial charge is 0.121 e. The third-order valence-electron chi connectivity index (χ3n) is 1.45. The molecule has 0 fully saturated rings. The van der Waals surface area contributed by atoms with Gasteiger partial charge in [0, 0.05) is 0 Å². The average molecular weight is 128 g/mol. The summed E-state index contributed by atoms with van der Waals surface area (Å²) in [4.78, 5) is 0. The summed E-state index contributed by atoms with van der Waals surface area (Å²) >= 11 is 0. The SMILES string of the molecule is CC1=C(C)[PH](=O)C=C1. The monoisotopic (exact) mass is 128 g/mol. The van der Waals surface area contributed by atoms with Crippen molar-refractivity contribution >= 4 is 7.80 Å². The van der Waals surface area contributed by atoms with Crippen LogP contribution in [-0.2, 0) is 4.57 Å². The number of allylic oxidation sites excluding steroid dienone is 3. The summed E-state index contributed by atoms with van der Waals surface area (Å²) in [5.74, 6) is 1.79. The molecule has 1 unspecified atom stereocenters. The normalized spacial score (nSPS) is 27.5. The maximum Gasteiger partial charge on any atom is 0.121 e. The van der Waals surface area contributed by atoms with Crippen molar-refractivity contribution in [2.75, 3.05) is 0 Å². The van der Waals surface area contributed by atoms with E-state index in [-0.39, 0.29) is 0 Å². The van der Waals surface area contributed by atoms with Crippen LogP contribution in [0.5, 0.6) is 0 Å². The lowest BCUT2D eigenvalue weighted by atomic mass is 10.3. The van der Waals surface area contributed by atoms with Crippen molar-refractivity contribution in [1.82, 2.24) is 0 Å². The van der Waals surface area contributed by atoms with E-state index in [0.29, 0.717) is 0 Å². The van der Waals surface area contributed by atoms with Gasteiger partial charge in [-0.2, -0.15) is 0 Å². The molecule has 1 atom stereocenters. The molecule has 0 saturated heterocycles. The zero-order chi connectivity index (χ0) is 6.15. The van der Waals surface area contributed by atoms with E-state index >= 15 is 0 Å². The Morgan fingerprint density at radius 1 is 1.50 bits per heavy atom. The standard InChI is InChI=1S/C6H9OP/c1-5-3-4-8(7)6(5)2/h3-4,8H,1-2H3. The second-order valence-corrected chi connectivity index (χ2v) is 3.82. The van der Waals surface area contributed by atoms with Crippen molar-refractivity contribution in [1.29, 1.82) is 0 Å². The zero-order valence-corrected chi connectivity index (χ0v) is 6.06. The van der Waals surface area contributed by atoms with Crippen LogP contribution in [0, 0.1) is 0 Å². The van der Waals surface area contributed by atoms with E-state index in [1.807, 2.05) is 19.9 Å². The molecule has 0 aromatic rings. The van der Waals surface area contributed by atoms with Crippen molar-refractivity contribution < 1.29 is 4.57 Å². The van der Waals surface area contributed by atoms with Crippen LogP contribution in [0.3, 0.4) is 0 Å². The van der Waals surface area contributed by atoms with Crippen LogP contribution in [0.1, 0.15) is 13.8 Å². The van der Waals surface area contributed by atoms with Gasteiger partial charge < -0.3 is 4.57 Å². The first-order chi connectivity index (χ1) is 3.72. The van der Waals surface area contributed by atoms with E-state index in [2.05, 4.69) is 0 Å². The molecular weight excluding hydrogens is 119 g/mol. The van der Waals surface area contributed by atoms with Crippen LogP contribution < -0.4 is 0 Å². The minimum atomic E-state index is -1.43. The third-order valence-corrected chi connectivity index (χ3v) is 3.05. The van der Waals surface area contributed by atoms with E-state index in [1.54, 1.807) is 5.82 Å². The molecule has 1 heterocycles. The quantitative estimate of drug-likeness (QED) is 0.457. The summed E-state index contributed by atoms with van der Waals surface area (Å²) in [6, 6.07) is 0. The molecule has 0 spiro atoms. The van der Waals surface area contributed by atoms with Gasteiger partial charge in [-0.1, -0.05) is 6.08 Å². The highest BCUT2D eigenvalue weighted by molar-refractivity contribution is 7.53. The predicted octanol–water partition coefficient (Wildman–Crippen LogP) is 2.37. The lowest BCUT2D eigenvalue weighted by Crippen LogP contribution is -1.63. The Balaban J connectivity index is 3.02. The molecule has 0 radical (unpaired) electrons. The van der Waals surface area contributed by atoms with Crippen molar-refractivity contribution in [2.45, 2.75) is 13.8 Å². The fourth-order valence-electron chi connectivity index (χ4n) is 0.645. The van der Waals surface area contributed by atoms with Crippen LogP contribution in [-0.4, -0.2) is 0 Å². The molecule has 1 nitrogen and oxygen atoms in total. The molecule has 0 bridgehead atoms. The molecule has 2 heteroatoms. The highest BCUT2D eigenvalue weighted by Crippen LogP contribution is 2.40. The molecule has 1 aliphatic rings. The van der Waals surface area contributed by atoms with Crippen molar-refractivity contribution in [3.05, 3.63) is 22.8 Å². The third kappa shape index (κ3) is 0.784. The van der Waals surface area contributed by atoms with Gasteiger partial charge in [0.2, 0.25) is 0 Å². The van der Waals surface area contributed by atoms with Gasteiger partial charge in [-0.3, -0.25) is 0 Å². The Bertz CT molecular complexity index is 185. The molecular formula is C6H9OP. The average Bonchev–Trinajstić information content (AvgIpc) is 1.98. The highest BCUT2D eigenvalue weighted by atomic mass is 31.1. The molecule has 1 rings (SSSR count). The maximum absolute atomic E-state index is 10.8. The summed E-state index contributed by atoms with van der Waals surface area (Å²) in [6.07, 6.45) is 1.93. The molecule has 44 valence electrons. The number of rotatable bonds is 0. The molecule has 0 aromatic heterocycles. The van der Waals surface area contributed by atoms with Crippen LogP contribution in [0.25, 0.3) is 0 Å². The van der Waals surface area contributed by atoms with Crippen molar-refractivity contribution in [3.8, 4) is 0 Å². The minimum Gasteiger partial charge on any atom is -0.318 e. The van der Waals surface area contributed by atoms with Crippen LogP contribution in [0.4, 0.5) is 0 Å². The van der Waals surface area contributed by atoms with Crippen LogP contribution in [0.15, 0.2) is 22.8 Å². The Labute approximate surface area is 49.9 Å². The molecule has 0 saturated carbocycles. The zero-order valence-electron chi connectivity index (χ0n) is 5.06. The van der Waals surface area contributed by atoms with Crippen LogP contribution >= 0.6 is 7.80 Å². The first-order valence-corrected chi connectivity index (χ1v) is 4.10. The van der Waals surface area contributed by atoms with E-state index < -0.39 is 7.80 Å². The van der Waals surface area contributed by atoms with Gasteiger partial charge in [-0.15, -0.1) is 0 Å². The Morgan fingerprint density at radius 3 is 2.25 bits per heavy atom. The summed E-state index contributed by atoms with van der Waals surface area (Å²) in [5.41, 5.74) is 1.17. The molecule has 8 heavy (non-hydrogen) atoms. The van der Waals surface area contributed by atoms with E-state index in [1.165, 1.54) is 5.57 Å². The highest BCUT2D eigenvalue weighted by Gasteiger charge is 2.05. The fraction of sp³-hybridized carbons (Fsp3) is 0.333. The Hall–Kier alpha value is -0.290. The topological polar surface area (TPSA) is 17.1 Å². The Kier molecular flexibility index (Phi) is 1.39. The summed E-state index contributed by atoms with van der Waals surface area (Å²) < 4.78 is 10.8. The molecule has 0 N–H and O–H groups in total. The van der Waals surface area contributed by atoms with Gasteiger partial charge in [0.1, 0.15) is 7.80 Å². The van der Waals surface area contributed by atoms with Crippen LogP contribution in [0.2, 0.25) is 0 Å². The summed E-state index contributed by atoms with van der Waals surface area (Å²) in [7, 11) is -1.43. The molecule has 1 aliphatic heterocycles. The number of hydrogen-bond donors (Lipinski definition) is 0. The largest absolute Gasteiger partial charge is 0.318 e. The van der Waals surface area contributed by atoms with E-state index in [0.717, 1.165) is 5.31 Å². The molecule has 0 aliphatic carbocycles.